The summed E-state index contributed by atoms with van der Waals surface area (Å²) in [5.41, 5.74) is 1.87. The van der Waals surface area contributed by atoms with Crippen LogP contribution in [0.4, 0.5) is 0 Å². The third-order valence-electron chi connectivity index (χ3n) is 3.78. The zero-order valence-electron chi connectivity index (χ0n) is 13.3. The first kappa shape index (κ1) is 15.7. The Kier molecular flexibility index (Phi) is 4.24. The molecule has 1 N–H and O–H groups in total. The lowest BCUT2D eigenvalue weighted by Crippen LogP contribution is -1.98. The summed E-state index contributed by atoms with van der Waals surface area (Å²) in [5, 5.41) is 10.6. The Morgan fingerprint density at radius 2 is 1.83 bits per heavy atom. The highest BCUT2D eigenvalue weighted by Crippen LogP contribution is 2.47. The first-order valence-corrected chi connectivity index (χ1v) is 7.27. The van der Waals surface area contributed by atoms with Crippen LogP contribution in [0, 0.1) is 0 Å². The molecule has 0 amide bonds. The van der Waals surface area contributed by atoms with Gasteiger partial charge in [-0.15, -0.1) is 0 Å². The third-order valence-corrected chi connectivity index (χ3v) is 3.78. The molecule has 1 heterocycles. The maximum atomic E-state index is 11.7. The molecule has 24 heavy (non-hydrogen) atoms. The van der Waals surface area contributed by atoms with Gasteiger partial charge in [-0.1, -0.05) is 18.2 Å². The van der Waals surface area contributed by atoms with Gasteiger partial charge in [-0.3, -0.25) is 4.79 Å². The standard InChI is InChI=1S/C19H16O5/c1-22-15-7-4-3-6-13(15)17-12(11-20)10-14(16-8-5-9-24-16)18(21)19(17)23-2/h3-11,21H,1-2H3. The van der Waals surface area contributed by atoms with E-state index in [1.54, 1.807) is 37.4 Å². The van der Waals surface area contributed by atoms with Gasteiger partial charge in [0, 0.05) is 16.7 Å². The summed E-state index contributed by atoms with van der Waals surface area (Å²) in [6.45, 7) is 0. The van der Waals surface area contributed by atoms with E-state index < -0.39 is 0 Å². The lowest BCUT2D eigenvalue weighted by Gasteiger charge is -2.17. The molecule has 0 unspecified atom stereocenters. The molecule has 5 heteroatoms. The zero-order chi connectivity index (χ0) is 17.1. The minimum Gasteiger partial charge on any atom is -0.504 e. The van der Waals surface area contributed by atoms with Gasteiger partial charge in [0.15, 0.2) is 17.8 Å². The molecule has 0 saturated heterocycles. The maximum Gasteiger partial charge on any atom is 0.169 e. The average Bonchev–Trinajstić information content (AvgIpc) is 3.15. The molecule has 0 saturated carbocycles. The van der Waals surface area contributed by atoms with Gasteiger partial charge in [0.2, 0.25) is 0 Å². The molecular formula is C19H16O5. The smallest absolute Gasteiger partial charge is 0.169 e. The number of carbonyl (C=O) groups is 1. The molecule has 122 valence electrons. The molecule has 0 aliphatic rings. The number of aldehydes is 1. The number of methoxy groups -OCH3 is 2. The van der Waals surface area contributed by atoms with Gasteiger partial charge in [-0.2, -0.15) is 0 Å². The molecule has 5 nitrogen and oxygen atoms in total. The number of carbonyl (C=O) groups excluding carboxylic acids is 1. The van der Waals surface area contributed by atoms with Crippen molar-refractivity contribution in [3.05, 3.63) is 54.3 Å². The fraction of sp³-hybridized carbons (Fsp3) is 0.105. The summed E-state index contributed by atoms with van der Waals surface area (Å²) in [6.07, 6.45) is 2.21. The molecule has 0 radical (unpaired) electrons. The van der Waals surface area contributed by atoms with E-state index in [4.69, 9.17) is 13.9 Å². The largest absolute Gasteiger partial charge is 0.504 e. The Labute approximate surface area is 139 Å². The number of para-hydroxylation sites is 1. The van der Waals surface area contributed by atoms with E-state index in [1.165, 1.54) is 13.4 Å². The molecular weight excluding hydrogens is 308 g/mol. The molecule has 0 spiro atoms. The number of ether oxygens (including phenoxy) is 2. The molecule has 0 bridgehead atoms. The minimum atomic E-state index is -0.0982. The van der Waals surface area contributed by atoms with Crippen LogP contribution in [0.15, 0.2) is 53.1 Å². The van der Waals surface area contributed by atoms with Gasteiger partial charge >= 0.3 is 0 Å². The van der Waals surface area contributed by atoms with E-state index in [2.05, 4.69) is 0 Å². The molecule has 0 atom stereocenters. The first-order chi connectivity index (χ1) is 11.7. The van der Waals surface area contributed by atoms with Gasteiger partial charge in [-0.05, 0) is 24.3 Å². The third kappa shape index (κ3) is 2.50. The first-order valence-electron chi connectivity index (χ1n) is 7.27. The molecule has 2 aromatic carbocycles. The summed E-state index contributed by atoms with van der Waals surface area (Å²) in [5.74, 6) is 1.11. The summed E-state index contributed by atoms with van der Waals surface area (Å²) >= 11 is 0. The van der Waals surface area contributed by atoms with Crippen LogP contribution in [0.5, 0.6) is 17.2 Å². The van der Waals surface area contributed by atoms with Crippen molar-refractivity contribution < 1.29 is 23.8 Å². The second-order valence-electron chi connectivity index (χ2n) is 5.07. The van der Waals surface area contributed by atoms with Crippen molar-refractivity contribution in [1.82, 2.24) is 0 Å². The van der Waals surface area contributed by atoms with Crippen LogP contribution in [-0.2, 0) is 0 Å². The SMILES string of the molecule is COc1ccccc1-c1c(C=O)cc(-c2ccco2)c(O)c1OC. The number of hydrogen-bond donors (Lipinski definition) is 1. The van der Waals surface area contributed by atoms with Crippen LogP contribution in [0.2, 0.25) is 0 Å². The summed E-state index contributed by atoms with van der Waals surface area (Å²) in [7, 11) is 2.98. The van der Waals surface area contributed by atoms with E-state index in [1.807, 2.05) is 12.1 Å². The zero-order valence-corrected chi connectivity index (χ0v) is 13.3. The molecule has 3 aromatic rings. The Morgan fingerprint density at radius 1 is 1.04 bits per heavy atom. The number of rotatable bonds is 5. The van der Waals surface area contributed by atoms with Crippen LogP contribution in [0.1, 0.15) is 10.4 Å². The van der Waals surface area contributed by atoms with Crippen molar-refractivity contribution in [2.75, 3.05) is 14.2 Å². The van der Waals surface area contributed by atoms with Crippen molar-refractivity contribution >= 4 is 6.29 Å². The lowest BCUT2D eigenvalue weighted by atomic mass is 9.94. The Bertz CT molecular complexity index is 866. The predicted molar refractivity (Wildman–Crippen MR) is 89.7 cm³/mol. The quantitative estimate of drug-likeness (QED) is 0.714. The Morgan fingerprint density at radius 3 is 2.46 bits per heavy atom. The highest BCUT2D eigenvalue weighted by molar-refractivity contribution is 5.97. The normalized spacial score (nSPS) is 10.4. The number of hydrogen-bond acceptors (Lipinski definition) is 5. The van der Waals surface area contributed by atoms with Crippen molar-refractivity contribution in [2.24, 2.45) is 0 Å². The Balaban J connectivity index is 2.34. The Hall–Kier alpha value is -3.21. The van der Waals surface area contributed by atoms with Crippen molar-refractivity contribution in [1.29, 1.82) is 0 Å². The van der Waals surface area contributed by atoms with E-state index in [9.17, 15) is 9.90 Å². The van der Waals surface area contributed by atoms with Crippen molar-refractivity contribution in [3.63, 3.8) is 0 Å². The topological polar surface area (TPSA) is 68.9 Å². The van der Waals surface area contributed by atoms with Crippen LogP contribution < -0.4 is 9.47 Å². The van der Waals surface area contributed by atoms with E-state index in [-0.39, 0.29) is 11.5 Å². The van der Waals surface area contributed by atoms with Gasteiger partial charge in [0.1, 0.15) is 11.5 Å². The average molecular weight is 324 g/mol. The molecule has 0 aliphatic heterocycles. The van der Waals surface area contributed by atoms with E-state index in [0.29, 0.717) is 33.8 Å². The van der Waals surface area contributed by atoms with Gasteiger partial charge in [-0.25, -0.2) is 0 Å². The molecule has 0 fully saturated rings. The van der Waals surface area contributed by atoms with Crippen molar-refractivity contribution in [2.45, 2.75) is 0 Å². The predicted octanol–water partition coefficient (Wildman–Crippen LogP) is 4.15. The molecule has 3 rings (SSSR count). The van der Waals surface area contributed by atoms with Gasteiger partial charge in [0.05, 0.1) is 26.0 Å². The minimum absolute atomic E-state index is 0.0982. The van der Waals surface area contributed by atoms with E-state index in [0.717, 1.165) is 6.29 Å². The van der Waals surface area contributed by atoms with Crippen LogP contribution in [0.25, 0.3) is 22.5 Å². The molecule has 0 aliphatic carbocycles. The fourth-order valence-electron chi connectivity index (χ4n) is 2.71. The second-order valence-corrected chi connectivity index (χ2v) is 5.07. The fourth-order valence-corrected chi connectivity index (χ4v) is 2.71. The van der Waals surface area contributed by atoms with Gasteiger partial charge < -0.3 is 19.0 Å². The van der Waals surface area contributed by atoms with Crippen LogP contribution in [-0.4, -0.2) is 25.6 Å². The summed E-state index contributed by atoms with van der Waals surface area (Å²) < 4.78 is 16.1. The van der Waals surface area contributed by atoms with Crippen LogP contribution >= 0.6 is 0 Å². The second kappa shape index (κ2) is 6.50. The highest BCUT2D eigenvalue weighted by Gasteiger charge is 2.23. The lowest BCUT2D eigenvalue weighted by molar-refractivity contribution is 0.112. The highest BCUT2D eigenvalue weighted by atomic mass is 16.5. The van der Waals surface area contributed by atoms with E-state index >= 15 is 0 Å². The maximum absolute atomic E-state index is 11.7. The van der Waals surface area contributed by atoms with Gasteiger partial charge in [0.25, 0.3) is 0 Å². The number of benzene rings is 2. The number of aromatic hydroxyl groups is 1. The number of phenols is 1. The monoisotopic (exact) mass is 324 g/mol. The molecule has 1 aromatic heterocycles. The summed E-state index contributed by atoms with van der Waals surface area (Å²) in [6, 6.07) is 12.2. The van der Waals surface area contributed by atoms with Crippen LogP contribution in [0.3, 0.4) is 0 Å². The van der Waals surface area contributed by atoms with Crippen molar-refractivity contribution in [3.8, 4) is 39.7 Å². The number of phenolic OH excluding ortho intramolecular Hbond substituents is 1. The number of furan rings is 1. The summed E-state index contributed by atoms with van der Waals surface area (Å²) in [4.78, 5) is 11.7.